The lowest BCUT2D eigenvalue weighted by atomic mass is 10.1. The Hall–Kier alpha value is -2.83. The Morgan fingerprint density at radius 1 is 1.10 bits per heavy atom. The van der Waals surface area contributed by atoms with Gasteiger partial charge in [-0.2, -0.15) is 0 Å². The second kappa shape index (κ2) is 9.12. The van der Waals surface area contributed by atoms with E-state index in [1.54, 1.807) is 18.2 Å². The molecule has 0 spiro atoms. The summed E-state index contributed by atoms with van der Waals surface area (Å²) in [5.74, 6) is 1.91. The number of anilines is 1. The lowest BCUT2D eigenvalue weighted by Gasteiger charge is -2.40. The van der Waals surface area contributed by atoms with E-state index in [0.717, 1.165) is 17.1 Å². The van der Waals surface area contributed by atoms with Crippen molar-refractivity contribution in [2.24, 2.45) is 0 Å². The number of nitrogens with zero attached hydrogens (tertiary/aromatic N) is 4. The fourth-order valence-corrected chi connectivity index (χ4v) is 4.12. The van der Waals surface area contributed by atoms with Crippen LogP contribution in [0.2, 0.25) is 10.0 Å². The van der Waals surface area contributed by atoms with Crippen molar-refractivity contribution in [1.29, 1.82) is 0 Å². The maximum absolute atomic E-state index is 13.0. The van der Waals surface area contributed by atoms with Crippen LogP contribution in [0.4, 0.5) is 5.82 Å². The molecule has 0 saturated carbocycles. The summed E-state index contributed by atoms with van der Waals surface area (Å²) in [6.07, 6.45) is 1.50. The Kier molecular flexibility index (Phi) is 6.30. The van der Waals surface area contributed by atoms with Crippen molar-refractivity contribution < 1.29 is 9.53 Å². The van der Waals surface area contributed by atoms with Gasteiger partial charge in [-0.1, -0.05) is 41.4 Å². The van der Waals surface area contributed by atoms with Crippen LogP contribution >= 0.6 is 23.2 Å². The third kappa shape index (κ3) is 4.75. The maximum Gasteiger partial charge on any atom is 0.255 e. The van der Waals surface area contributed by atoms with E-state index in [-0.39, 0.29) is 11.9 Å². The molecule has 8 heteroatoms. The molecule has 0 radical (unpaired) electrons. The molecule has 0 bridgehead atoms. The summed E-state index contributed by atoms with van der Waals surface area (Å²) in [7, 11) is 0. The van der Waals surface area contributed by atoms with E-state index in [4.69, 9.17) is 27.9 Å². The van der Waals surface area contributed by atoms with Crippen molar-refractivity contribution in [3.8, 4) is 11.6 Å². The molecule has 0 unspecified atom stereocenters. The number of hydrogen-bond donors (Lipinski definition) is 0. The number of carbonyl (C=O) groups excluding carboxylic acids is 1. The minimum atomic E-state index is -0.0971. The molecule has 1 atom stereocenters. The monoisotopic (exact) mass is 456 g/mol. The molecule has 0 aliphatic carbocycles. The first-order chi connectivity index (χ1) is 14.9. The van der Waals surface area contributed by atoms with E-state index in [2.05, 4.69) is 14.9 Å². The van der Waals surface area contributed by atoms with Crippen LogP contribution in [0.25, 0.3) is 0 Å². The molecular weight excluding hydrogens is 435 g/mol. The molecule has 2 aromatic carbocycles. The maximum atomic E-state index is 13.0. The van der Waals surface area contributed by atoms with Gasteiger partial charge in [-0.15, -0.1) is 0 Å². The molecule has 3 aromatic rings. The van der Waals surface area contributed by atoms with E-state index in [1.165, 1.54) is 6.33 Å². The van der Waals surface area contributed by atoms with Crippen molar-refractivity contribution in [1.82, 2.24) is 14.9 Å². The zero-order valence-corrected chi connectivity index (χ0v) is 18.8. The molecule has 1 amide bonds. The first kappa shape index (κ1) is 21.4. The van der Waals surface area contributed by atoms with Gasteiger partial charge in [-0.05, 0) is 43.7 Å². The Labute approximate surface area is 191 Å². The summed E-state index contributed by atoms with van der Waals surface area (Å²) < 4.78 is 5.94. The van der Waals surface area contributed by atoms with Crippen LogP contribution in [0.3, 0.4) is 0 Å². The highest BCUT2D eigenvalue weighted by Gasteiger charge is 2.30. The molecule has 31 heavy (non-hydrogen) atoms. The largest absolute Gasteiger partial charge is 0.439 e. The van der Waals surface area contributed by atoms with E-state index < -0.39 is 0 Å². The van der Waals surface area contributed by atoms with Gasteiger partial charge in [0.1, 0.15) is 17.9 Å². The predicted molar refractivity (Wildman–Crippen MR) is 122 cm³/mol. The van der Waals surface area contributed by atoms with Crippen LogP contribution in [0.5, 0.6) is 11.6 Å². The first-order valence-corrected chi connectivity index (χ1v) is 10.7. The molecule has 1 aromatic heterocycles. The predicted octanol–water partition coefficient (Wildman–Crippen LogP) is 5.24. The van der Waals surface area contributed by atoms with Crippen molar-refractivity contribution >= 4 is 34.9 Å². The van der Waals surface area contributed by atoms with Crippen LogP contribution in [0, 0.1) is 6.92 Å². The first-order valence-electron chi connectivity index (χ1n) is 9.99. The number of hydrogen-bond acceptors (Lipinski definition) is 5. The van der Waals surface area contributed by atoms with Crippen LogP contribution < -0.4 is 9.64 Å². The molecule has 1 aliphatic heterocycles. The number of ether oxygens (including phenoxy) is 1. The quantitative estimate of drug-likeness (QED) is 0.537. The third-order valence-electron chi connectivity index (χ3n) is 5.31. The third-order valence-corrected chi connectivity index (χ3v) is 5.86. The van der Waals surface area contributed by atoms with Gasteiger partial charge in [-0.3, -0.25) is 4.79 Å². The summed E-state index contributed by atoms with van der Waals surface area (Å²) in [6.45, 7) is 5.83. The highest BCUT2D eigenvalue weighted by molar-refractivity contribution is 6.36. The van der Waals surface area contributed by atoms with Crippen LogP contribution in [0.1, 0.15) is 22.8 Å². The Morgan fingerprint density at radius 2 is 1.90 bits per heavy atom. The summed E-state index contributed by atoms with van der Waals surface area (Å²) >= 11 is 12.2. The van der Waals surface area contributed by atoms with Crippen molar-refractivity contribution in [3.63, 3.8) is 0 Å². The second-order valence-electron chi connectivity index (χ2n) is 7.50. The Bertz CT molecular complexity index is 1110. The smallest absolute Gasteiger partial charge is 0.255 e. The molecule has 1 fully saturated rings. The molecule has 2 heterocycles. The molecule has 1 saturated heterocycles. The van der Waals surface area contributed by atoms with Gasteiger partial charge >= 0.3 is 0 Å². The van der Waals surface area contributed by atoms with E-state index in [1.807, 2.05) is 49.1 Å². The second-order valence-corrected chi connectivity index (χ2v) is 8.34. The van der Waals surface area contributed by atoms with Gasteiger partial charge in [0.05, 0.1) is 10.6 Å². The number of aryl methyl sites for hydroxylation is 1. The highest BCUT2D eigenvalue weighted by atomic mass is 35.5. The zero-order valence-electron chi connectivity index (χ0n) is 17.3. The number of halogens is 2. The molecular formula is C23H22Cl2N4O2. The molecule has 4 rings (SSSR count). The normalized spacial score (nSPS) is 16.3. The van der Waals surface area contributed by atoms with Gasteiger partial charge < -0.3 is 14.5 Å². The minimum Gasteiger partial charge on any atom is -0.439 e. The van der Waals surface area contributed by atoms with Crippen molar-refractivity contribution in [2.45, 2.75) is 19.9 Å². The van der Waals surface area contributed by atoms with Gasteiger partial charge in [0.25, 0.3) is 5.91 Å². The summed E-state index contributed by atoms with van der Waals surface area (Å²) in [4.78, 5) is 25.6. The molecule has 160 valence electrons. The number of benzene rings is 2. The van der Waals surface area contributed by atoms with Crippen molar-refractivity contribution in [2.75, 3.05) is 24.5 Å². The number of amides is 1. The van der Waals surface area contributed by atoms with E-state index >= 15 is 0 Å². The van der Waals surface area contributed by atoms with Gasteiger partial charge in [-0.25, -0.2) is 9.97 Å². The average molecular weight is 457 g/mol. The number of carbonyl (C=O) groups is 1. The highest BCUT2D eigenvalue weighted by Crippen LogP contribution is 2.27. The van der Waals surface area contributed by atoms with Crippen LogP contribution in [0.15, 0.2) is 54.9 Å². The van der Waals surface area contributed by atoms with Crippen LogP contribution in [-0.4, -0.2) is 46.5 Å². The zero-order chi connectivity index (χ0) is 22.0. The summed E-state index contributed by atoms with van der Waals surface area (Å²) in [5.41, 5.74) is 1.49. The average Bonchev–Trinajstić information content (AvgIpc) is 2.75. The standard InChI is InChI=1S/C23H22Cl2N4O2/c1-15-5-3-4-6-20(15)31-22-12-21(26-14-27-22)28-9-10-29(16(2)13-28)23(30)18-8-7-17(24)11-19(18)25/h3-8,11-12,14,16H,9-10,13H2,1-2H3/t16-/m1/s1. The fraction of sp³-hybridized carbons (Fsp3) is 0.261. The molecule has 0 N–H and O–H groups in total. The summed E-state index contributed by atoms with van der Waals surface area (Å²) in [6, 6.07) is 14.5. The number of piperazine rings is 1. The van der Waals surface area contributed by atoms with Crippen LogP contribution in [-0.2, 0) is 0 Å². The number of para-hydroxylation sites is 1. The summed E-state index contributed by atoms with van der Waals surface area (Å²) in [5, 5.41) is 0.868. The fourth-order valence-electron chi connectivity index (χ4n) is 3.63. The van der Waals surface area contributed by atoms with Gasteiger partial charge in [0.2, 0.25) is 5.88 Å². The lowest BCUT2D eigenvalue weighted by molar-refractivity contribution is 0.0674. The minimum absolute atomic E-state index is 0.0244. The Balaban J connectivity index is 1.46. The van der Waals surface area contributed by atoms with E-state index in [9.17, 15) is 4.79 Å². The number of rotatable bonds is 4. The van der Waals surface area contributed by atoms with E-state index in [0.29, 0.717) is 41.1 Å². The molecule has 1 aliphatic rings. The lowest BCUT2D eigenvalue weighted by Crippen LogP contribution is -2.54. The number of aromatic nitrogens is 2. The topological polar surface area (TPSA) is 58.6 Å². The molecule has 6 nitrogen and oxygen atoms in total. The van der Waals surface area contributed by atoms with Gasteiger partial charge in [0, 0.05) is 36.8 Å². The SMILES string of the molecule is Cc1ccccc1Oc1cc(N2CCN(C(=O)c3ccc(Cl)cc3Cl)[C@H](C)C2)ncn1. The van der Waals surface area contributed by atoms with Gasteiger partial charge in [0.15, 0.2) is 0 Å². The van der Waals surface area contributed by atoms with Crippen molar-refractivity contribution in [3.05, 3.63) is 76.0 Å². The Morgan fingerprint density at radius 3 is 2.65 bits per heavy atom.